The van der Waals surface area contributed by atoms with Crippen LogP contribution in [-0.2, 0) is 22.4 Å². The Balaban J connectivity index is 1.93. The molecule has 1 unspecified atom stereocenters. The van der Waals surface area contributed by atoms with Gasteiger partial charge in [0.1, 0.15) is 0 Å². The van der Waals surface area contributed by atoms with Crippen LogP contribution >= 0.6 is 0 Å². The van der Waals surface area contributed by atoms with Crippen LogP contribution in [0.25, 0.3) is 0 Å². The van der Waals surface area contributed by atoms with Gasteiger partial charge in [0, 0.05) is 27.2 Å². The molecular formula is C20H30N2O2. The van der Waals surface area contributed by atoms with E-state index in [1.54, 1.807) is 19.0 Å². The lowest BCUT2D eigenvalue weighted by atomic mass is 9.96. The van der Waals surface area contributed by atoms with Gasteiger partial charge in [0.25, 0.3) is 0 Å². The molecular weight excluding hydrogens is 300 g/mol. The van der Waals surface area contributed by atoms with Crippen LogP contribution < -0.4 is 0 Å². The number of carbonyl (C=O) groups excluding carboxylic acids is 2. The van der Waals surface area contributed by atoms with E-state index in [0.29, 0.717) is 18.9 Å². The van der Waals surface area contributed by atoms with Gasteiger partial charge in [-0.05, 0) is 36.3 Å². The Kier molecular flexibility index (Phi) is 6.41. The third kappa shape index (κ3) is 5.08. The van der Waals surface area contributed by atoms with Crippen LogP contribution in [0.1, 0.15) is 37.8 Å². The Morgan fingerprint density at radius 2 is 1.79 bits per heavy atom. The molecule has 0 saturated carbocycles. The lowest BCUT2D eigenvalue weighted by Gasteiger charge is -2.33. The van der Waals surface area contributed by atoms with Gasteiger partial charge in [-0.3, -0.25) is 9.59 Å². The highest BCUT2D eigenvalue weighted by Crippen LogP contribution is 2.19. The number of amides is 2. The average molecular weight is 330 g/mol. The predicted octanol–water partition coefficient (Wildman–Crippen LogP) is 2.75. The normalized spacial score (nSPS) is 17.9. The fourth-order valence-corrected chi connectivity index (χ4v) is 3.32. The highest BCUT2D eigenvalue weighted by Gasteiger charge is 2.29. The molecule has 1 atom stereocenters. The molecule has 4 heteroatoms. The van der Waals surface area contributed by atoms with Crippen LogP contribution in [0, 0.1) is 11.8 Å². The minimum Gasteiger partial charge on any atom is -0.349 e. The molecule has 1 fully saturated rings. The van der Waals surface area contributed by atoms with Crippen molar-refractivity contribution in [1.82, 2.24) is 9.80 Å². The zero-order chi connectivity index (χ0) is 17.7. The van der Waals surface area contributed by atoms with Crippen molar-refractivity contribution in [2.24, 2.45) is 11.8 Å². The second-order valence-electron chi connectivity index (χ2n) is 7.50. The molecule has 1 aromatic carbocycles. The maximum Gasteiger partial charge on any atom is 0.227 e. The second kappa shape index (κ2) is 8.32. The molecule has 1 saturated heterocycles. The molecule has 0 spiro atoms. The van der Waals surface area contributed by atoms with Gasteiger partial charge in [0.2, 0.25) is 11.8 Å². The first-order valence-electron chi connectivity index (χ1n) is 8.93. The molecule has 2 rings (SSSR count). The SMILES string of the molecule is CC(C)Cc1ccc(CC(=O)N2CCCC(C(=O)N(C)C)C2)cc1. The Labute approximate surface area is 145 Å². The molecule has 1 aromatic rings. The Morgan fingerprint density at radius 1 is 1.17 bits per heavy atom. The molecule has 132 valence electrons. The molecule has 0 N–H and O–H groups in total. The van der Waals surface area contributed by atoms with E-state index in [2.05, 4.69) is 38.1 Å². The molecule has 24 heavy (non-hydrogen) atoms. The molecule has 2 amide bonds. The van der Waals surface area contributed by atoms with Gasteiger partial charge in [0.05, 0.1) is 12.3 Å². The smallest absolute Gasteiger partial charge is 0.227 e. The highest BCUT2D eigenvalue weighted by molar-refractivity contribution is 5.82. The van der Waals surface area contributed by atoms with Crippen molar-refractivity contribution in [2.75, 3.05) is 27.2 Å². The second-order valence-corrected chi connectivity index (χ2v) is 7.50. The van der Waals surface area contributed by atoms with Crippen molar-refractivity contribution in [2.45, 2.75) is 39.5 Å². The predicted molar refractivity (Wildman–Crippen MR) is 96.7 cm³/mol. The third-order valence-electron chi connectivity index (χ3n) is 4.59. The monoisotopic (exact) mass is 330 g/mol. The molecule has 0 aromatic heterocycles. The standard InChI is InChI=1S/C20H30N2O2/c1-15(2)12-16-7-9-17(10-8-16)13-19(23)22-11-5-6-18(14-22)20(24)21(3)4/h7-10,15,18H,5-6,11-14H2,1-4H3. The summed E-state index contributed by atoms with van der Waals surface area (Å²) in [5.41, 5.74) is 2.37. The van der Waals surface area contributed by atoms with Crippen molar-refractivity contribution in [3.63, 3.8) is 0 Å². The third-order valence-corrected chi connectivity index (χ3v) is 4.59. The van der Waals surface area contributed by atoms with Crippen molar-refractivity contribution < 1.29 is 9.59 Å². The fraction of sp³-hybridized carbons (Fsp3) is 0.600. The van der Waals surface area contributed by atoms with Crippen LogP contribution in [0.4, 0.5) is 0 Å². The van der Waals surface area contributed by atoms with E-state index in [1.165, 1.54) is 5.56 Å². The molecule has 4 nitrogen and oxygen atoms in total. The molecule has 0 bridgehead atoms. The summed E-state index contributed by atoms with van der Waals surface area (Å²) < 4.78 is 0. The number of benzene rings is 1. The Bertz CT molecular complexity index is 564. The number of carbonyl (C=O) groups is 2. The van der Waals surface area contributed by atoms with E-state index in [9.17, 15) is 9.59 Å². The first-order valence-corrected chi connectivity index (χ1v) is 8.93. The number of hydrogen-bond acceptors (Lipinski definition) is 2. The van der Waals surface area contributed by atoms with E-state index in [-0.39, 0.29) is 17.7 Å². The minimum absolute atomic E-state index is 0.0499. The summed E-state index contributed by atoms with van der Waals surface area (Å²) in [6, 6.07) is 8.36. The molecule has 0 aliphatic carbocycles. The van der Waals surface area contributed by atoms with Crippen LogP contribution in [0.15, 0.2) is 24.3 Å². The van der Waals surface area contributed by atoms with Gasteiger partial charge in [-0.2, -0.15) is 0 Å². The van der Waals surface area contributed by atoms with Gasteiger partial charge in [-0.1, -0.05) is 38.1 Å². The van der Waals surface area contributed by atoms with E-state index < -0.39 is 0 Å². The molecule has 1 aliphatic heterocycles. The summed E-state index contributed by atoms with van der Waals surface area (Å²) in [4.78, 5) is 28.2. The molecule has 1 aliphatic rings. The van der Waals surface area contributed by atoms with Crippen LogP contribution in [0.2, 0.25) is 0 Å². The fourth-order valence-electron chi connectivity index (χ4n) is 3.32. The first-order chi connectivity index (χ1) is 11.4. The average Bonchev–Trinajstić information content (AvgIpc) is 2.55. The zero-order valence-electron chi connectivity index (χ0n) is 15.4. The van der Waals surface area contributed by atoms with Crippen molar-refractivity contribution in [1.29, 1.82) is 0 Å². The summed E-state index contributed by atoms with van der Waals surface area (Å²) in [6.45, 7) is 5.74. The topological polar surface area (TPSA) is 40.6 Å². The van der Waals surface area contributed by atoms with Gasteiger partial charge >= 0.3 is 0 Å². The van der Waals surface area contributed by atoms with Crippen molar-refractivity contribution >= 4 is 11.8 Å². The van der Waals surface area contributed by atoms with Crippen molar-refractivity contribution in [3.05, 3.63) is 35.4 Å². The Hall–Kier alpha value is -1.84. The van der Waals surface area contributed by atoms with Gasteiger partial charge in [-0.25, -0.2) is 0 Å². The number of piperidine rings is 1. The number of hydrogen-bond donors (Lipinski definition) is 0. The summed E-state index contributed by atoms with van der Waals surface area (Å²) in [5, 5.41) is 0. The quantitative estimate of drug-likeness (QED) is 0.833. The summed E-state index contributed by atoms with van der Waals surface area (Å²) in [7, 11) is 3.56. The van der Waals surface area contributed by atoms with Crippen LogP contribution in [-0.4, -0.2) is 48.8 Å². The van der Waals surface area contributed by atoms with Crippen molar-refractivity contribution in [3.8, 4) is 0 Å². The van der Waals surface area contributed by atoms with E-state index in [0.717, 1.165) is 31.4 Å². The maximum absolute atomic E-state index is 12.6. The first kappa shape index (κ1) is 18.5. The maximum atomic E-state index is 12.6. The van der Waals surface area contributed by atoms with Crippen LogP contribution in [0.3, 0.4) is 0 Å². The molecule has 1 heterocycles. The minimum atomic E-state index is -0.0499. The zero-order valence-corrected chi connectivity index (χ0v) is 15.4. The summed E-state index contributed by atoms with van der Waals surface area (Å²) in [6.07, 6.45) is 3.27. The number of likely N-dealkylation sites (tertiary alicyclic amines) is 1. The van der Waals surface area contributed by atoms with Gasteiger partial charge in [-0.15, -0.1) is 0 Å². The van der Waals surface area contributed by atoms with E-state index in [1.807, 2.05) is 4.90 Å². The number of nitrogens with zero attached hydrogens (tertiary/aromatic N) is 2. The van der Waals surface area contributed by atoms with Gasteiger partial charge in [0.15, 0.2) is 0 Å². The largest absolute Gasteiger partial charge is 0.349 e. The number of rotatable bonds is 5. The molecule has 0 radical (unpaired) electrons. The van der Waals surface area contributed by atoms with E-state index in [4.69, 9.17) is 0 Å². The summed E-state index contributed by atoms with van der Waals surface area (Å²) >= 11 is 0. The lowest BCUT2D eigenvalue weighted by Crippen LogP contribution is -2.45. The summed E-state index contributed by atoms with van der Waals surface area (Å²) in [5.74, 6) is 0.844. The highest BCUT2D eigenvalue weighted by atomic mass is 16.2. The van der Waals surface area contributed by atoms with Gasteiger partial charge < -0.3 is 9.80 Å². The van der Waals surface area contributed by atoms with Crippen LogP contribution in [0.5, 0.6) is 0 Å². The Morgan fingerprint density at radius 3 is 2.38 bits per heavy atom. The lowest BCUT2D eigenvalue weighted by molar-refractivity contribution is -0.138. The van der Waals surface area contributed by atoms with E-state index >= 15 is 0 Å².